The lowest BCUT2D eigenvalue weighted by Gasteiger charge is -2.37. The van der Waals surface area contributed by atoms with Crippen molar-refractivity contribution in [3.63, 3.8) is 0 Å². The van der Waals surface area contributed by atoms with Crippen LogP contribution in [0.3, 0.4) is 0 Å². The van der Waals surface area contributed by atoms with Gasteiger partial charge in [-0.1, -0.05) is 18.8 Å². The highest BCUT2D eigenvalue weighted by Crippen LogP contribution is 2.31. The summed E-state index contributed by atoms with van der Waals surface area (Å²) >= 11 is 0. The summed E-state index contributed by atoms with van der Waals surface area (Å²) in [5, 5.41) is 9.84. The molecule has 0 saturated heterocycles. The molecule has 1 amide bonds. The molecule has 0 spiro atoms. The van der Waals surface area contributed by atoms with Crippen LogP contribution in [0.5, 0.6) is 11.6 Å². The predicted octanol–water partition coefficient (Wildman–Crippen LogP) is 3.05. The smallest absolute Gasteiger partial charge is 0.259 e. The van der Waals surface area contributed by atoms with E-state index >= 15 is 0 Å². The molecule has 2 aromatic rings. The average Bonchev–Trinajstić information content (AvgIpc) is 3.68. The third kappa shape index (κ3) is 6.33. The van der Waals surface area contributed by atoms with E-state index in [9.17, 15) is 9.90 Å². The van der Waals surface area contributed by atoms with E-state index in [1.807, 2.05) is 31.2 Å². The molecule has 0 bridgehead atoms. The van der Waals surface area contributed by atoms with E-state index in [2.05, 4.69) is 35.7 Å². The van der Waals surface area contributed by atoms with Crippen molar-refractivity contribution >= 4 is 5.91 Å². The number of benzene rings is 1. The second-order valence-corrected chi connectivity index (χ2v) is 9.84. The largest absolute Gasteiger partial charge is 0.497 e. The molecule has 3 atom stereocenters. The maximum Gasteiger partial charge on any atom is 0.259 e. The number of ether oxygens (including phenoxy) is 2. The highest BCUT2D eigenvalue weighted by atomic mass is 16.5. The van der Waals surface area contributed by atoms with Gasteiger partial charge in [-0.2, -0.15) is 0 Å². The average molecular weight is 478 g/mol. The Balaban J connectivity index is 1.62. The number of carbonyl (C=O) groups is 1. The first-order valence-electron chi connectivity index (χ1n) is 12.3. The number of hydrogen-bond donors (Lipinski definition) is 1. The molecule has 7 heteroatoms. The summed E-state index contributed by atoms with van der Waals surface area (Å²) in [4.78, 5) is 22.1. The van der Waals surface area contributed by atoms with Crippen molar-refractivity contribution in [2.45, 2.75) is 38.8 Å². The standard InChI is InChI=1S/C28H35N3O4/c1-19-15-31(20(2)18-32)28(33)25-13-23(8-5-21-9-11-24(34-4)12-10-21)14-29-27(25)35-26(19)17-30(3)16-22-6-7-22/h9-14,19-20,22,26,32H,6-7,15-18H2,1-4H3/t19-,20-,26-/m1/s1. The van der Waals surface area contributed by atoms with Crippen molar-refractivity contribution in [1.82, 2.24) is 14.8 Å². The fourth-order valence-corrected chi connectivity index (χ4v) is 4.33. The Bertz CT molecular complexity index is 1090. The fourth-order valence-electron chi connectivity index (χ4n) is 4.33. The third-order valence-electron chi connectivity index (χ3n) is 6.72. The van der Waals surface area contributed by atoms with Gasteiger partial charge in [0.1, 0.15) is 17.4 Å². The lowest BCUT2D eigenvalue weighted by atomic mass is 9.99. The Morgan fingerprint density at radius 3 is 2.60 bits per heavy atom. The number of aromatic nitrogens is 1. The number of rotatable bonds is 7. The van der Waals surface area contributed by atoms with Crippen LogP contribution in [0.2, 0.25) is 0 Å². The molecule has 1 aromatic carbocycles. The quantitative estimate of drug-likeness (QED) is 0.618. The van der Waals surface area contributed by atoms with Crippen molar-refractivity contribution in [2.24, 2.45) is 11.8 Å². The van der Waals surface area contributed by atoms with Gasteiger partial charge in [0.2, 0.25) is 5.88 Å². The topological polar surface area (TPSA) is 75.1 Å². The molecule has 1 aromatic heterocycles. The number of carbonyl (C=O) groups excluding carboxylic acids is 1. The van der Waals surface area contributed by atoms with Crippen LogP contribution in [-0.2, 0) is 0 Å². The highest BCUT2D eigenvalue weighted by Gasteiger charge is 2.34. The lowest BCUT2D eigenvalue weighted by molar-refractivity contribution is 0.0327. The second kappa shape index (κ2) is 11.1. The Morgan fingerprint density at radius 1 is 1.23 bits per heavy atom. The van der Waals surface area contributed by atoms with Gasteiger partial charge in [0, 0.05) is 42.9 Å². The van der Waals surface area contributed by atoms with Crippen LogP contribution in [0.1, 0.15) is 48.2 Å². The maximum atomic E-state index is 13.5. The molecule has 0 radical (unpaired) electrons. The second-order valence-electron chi connectivity index (χ2n) is 9.84. The van der Waals surface area contributed by atoms with Crippen molar-refractivity contribution in [1.29, 1.82) is 0 Å². The van der Waals surface area contributed by atoms with Gasteiger partial charge in [-0.15, -0.1) is 0 Å². The van der Waals surface area contributed by atoms with Crippen molar-refractivity contribution in [2.75, 3.05) is 40.4 Å². The molecule has 2 heterocycles. The zero-order valence-electron chi connectivity index (χ0n) is 21.0. The molecule has 7 nitrogen and oxygen atoms in total. The van der Waals surface area contributed by atoms with Crippen LogP contribution >= 0.6 is 0 Å². The molecule has 1 aliphatic heterocycles. The molecule has 1 N–H and O–H groups in total. The summed E-state index contributed by atoms with van der Waals surface area (Å²) in [5.41, 5.74) is 1.85. The van der Waals surface area contributed by atoms with Gasteiger partial charge in [0.05, 0.1) is 19.8 Å². The van der Waals surface area contributed by atoms with Gasteiger partial charge in [-0.25, -0.2) is 4.98 Å². The van der Waals surface area contributed by atoms with Crippen molar-refractivity contribution < 1.29 is 19.4 Å². The number of aliphatic hydroxyl groups is 1. The normalized spacial score (nSPS) is 20.7. The number of likely N-dealkylation sites (N-methyl/N-ethyl adjacent to an activating group) is 1. The number of fused-ring (bicyclic) bond motifs is 1. The minimum Gasteiger partial charge on any atom is -0.497 e. The van der Waals surface area contributed by atoms with Crippen molar-refractivity contribution in [3.05, 3.63) is 53.2 Å². The first kappa shape index (κ1) is 25.0. The van der Waals surface area contributed by atoms with Gasteiger partial charge >= 0.3 is 0 Å². The van der Waals surface area contributed by atoms with Crippen molar-refractivity contribution in [3.8, 4) is 23.5 Å². The van der Waals surface area contributed by atoms with E-state index in [0.29, 0.717) is 23.6 Å². The van der Waals surface area contributed by atoms with E-state index < -0.39 is 0 Å². The van der Waals surface area contributed by atoms with Gasteiger partial charge in [0.15, 0.2) is 0 Å². The molecule has 1 aliphatic carbocycles. The number of pyridine rings is 1. The third-order valence-corrected chi connectivity index (χ3v) is 6.72. The highest BCUT2D eigenvalue weighted by molar-refractivity contribution is 5.97. The van der Waals surface area contributed by atoms with E-state index in [1.54, 1.807) is 24.3 Å². The SMILES string of the molecule is COc1ccc(C#Cc2cnc3c(c2)C(=O)N([C@H](C)CO)C[C@@H](C)[C@@H](CN(C)CC2CC2)O3)cc1. The Kier molecular flexibility index (Phi) is 7.94. The molecule has 1 saturated carbocycles. The van der Waals surface area contributed by atoms with Crippen LogP contribution < -0.4 is 9.47 Å². The van der Waals surface area contributed by atoms with E-state index in [1.165, 1.54) is 12.8 Å². The first-order chi connectivity index (χ1) is 16.9. The van der Waals surface area contributed by atoms with Gasteiger partial charge in [0.25, 0.3) is 5.91 Å². The predicted molar refractivity (Wildman–Crippen MR) is 135 cm³/mol. The van der Waals surface area contributed by atoms with Gasteiger partial charge < -0.3 is 24.4 Å². The van der Waals surface area contributed by atoms with Crippen LogP contribution in [0, 0.1) is 23.7 Å². The minimum atomic E-state index is -0.310. The number of amides is 1. The maximum absolute atomic E-state index is 13.5. The summed E-state index contributed by atoms with van der Waals surface area (Å²) in [6.45, 7) is 6.17. The Labute approximate surface area is 208 Å². The monoisotopic (exact) mass is 477 g/mol. The van der Waals surface area contributed by atoms with E-state index in [4.69, 9.17) is 9.47 Å². The zero-order chi connectivity index (χ0) is 24.9. The van der Waals surface area contributed by atoms with Gasteiger partial charge in [-0.05, 0) is 63.1 Å². The zero-order valence-corrected chi connectivity index (χ0v) is 21.0. The number of hydrogen-bond acceptors (Lipinski definition) is 6. The number of nitrogens with zero attached hydrogens (tertiary/aromatic N) is 3. The van der Waals surface area contributed by atoms with Gasteiger partial charge in [-0.3, -0.25) is 4.79 Å². The molecule has 4 rings (SSSR count). The Morgan fingerprint density at radius 2 is 1.94 bits per heavy atom. The minimum absolute atomic E-state index is 0.0825. The summed E-state index contributed by atoms with van der Waals surface area (Å²) in [5.74, 6) is 7.99. The summed E-state index contributed by atoms with van der Waals surface area (Å²) in [6.07, 6.45) is 4.13. The van der Waals surface area contributed by atoms with E-state index in [0.717, 1.165) is 30.3 Å². The van der Waals surface area contributed by atoms with E-state index in [-0.39, 0.29) is 30.6 Å². The first-order valence-corrected chi connectivity index (χ1v) is 12.3. The number of methoxy groups -OCH3 is 1. The number of aliphatic hydroxyl groups excluding tert-OH is 1. The molecule has 2 aliphatic rings. The summed E-state index contributed by atoms with van der Waals surface area (Å²) in [7, 11) is 3.75. The summed E-state index contributed by atoms with van der Waals surface area (Å²) in [6, 6.07) is 8.92. The molecule has 186 valence electrons. The molecule has 35 heavy (non-hydrogen) atoms. The van der Waals surface area contributed by atoms with Crippen LogP contribution in [0.25, 0.3) is 0 Å². The Hall–Kier alpha value is -3.08. The molecular formula is C28H35N3O4. The molecule has 1 fully saturated rings. The fraction of sp³-hybridized carbons (Fsp3) is 0.500. The summed E-state index contributed by atoms with van der Waals surface area (Å²) < 4.78 is 11.6. The lowest BCUT2D eigenvalue weighted by Crippen LogP contribution is -2.50. The van der Waals surface area contributed by atoms with Crippen LogP contribution in [0.15, 0.2) is 36.5 Å². The molecular weight excluding hydrogens is 442 g/mol. The van der Waals surface area contributed by atoms with Crippen LogP contribution in [0.4, 0.5) is 0 Å². The van der Waals surface area contributed by atoms with Crippen LogP contribution in [-0.4, -0.2) is 78.3 Å². The molecule has 0 unspecified atom stereocenters.